The molecule has 1 aromatic rings. The lowest BCUT2D eigenvalue weighted by Crippen LogP contribution is -2.27. The van der Waals surface area contributed by atoms with E-state index in [1.807, 2.05) is 0 Å². The van der Waals surface area contributed by atoms with Crippen LogP contribution >= 0.6 is 0 Å². The highest BCUT2D eigenvalue weighted by atomic mass is 19.1. The first-order chi connectivity index (χ1) is 6.63. The topological polar surface area (TPSA) is 50.4 Å². The van der Waals surface area contributed by atoms with Gasteiger partial charge in [0, 0.05) is 5.69 Å². The number of halogens is 1. The monoisotopic (exact) mass is 198 g/mol. The summed E-state index contributed by atoms with van der Waals surface area (Å²) in [4.78, 5) is 15.4. The first-order valence-corrected chi connectivity index (χ1v) is 3.99. The standard InChI is InChI=1S/C9H11FN2O2/c1-6-5-7(10)3-4-8(6)11-9(13)12-14-2/h3-5H,1-2H3,(H2,11,12,13). The molecule has 4 nitrogen and oxygen atoms in total. The minimum Gasteiger partial charge on any atom is -0.306 e. The Kier molecular flexibility index (Phi) is 3.41. The number of hydroxylamine groups is 1. The number of nitrogens with one attached hydrogen (secondary N) is 2. The normalized spacial score (nSPS) is 9.64. The second-order valence-electron chi connectivity index (χ2n) is 2.72. The molecular weight excluding hydrogens is 187 g/mol. The fraction of sp³-hybridized carbons (Fsp3) is 0.222. The Hall–Kier alpha value is -1.62. The highest BCUT2D eigenvalue weighted by Crippen LogP contribution is 2.15. The molecule has 1 rings (SSSR count). The molecule has 0 saturated carbocycles. The van der Waals surface area contributed by atoms with Gasteiger partial charge in [0.1, 0.15) is 5.82 Å². The summed E-state index contributed by atoms with van der Waals surface area (Å²) < 4.78 is 12.7. The van der Waals surface area contributed by atoms with Gasteiger partial charge in [-0.2, -0.15) is 0 Å². The Bertz CT molecular complexity index is 342. The lowest BCUT2D eigenvalue weighted by molar-refractivity contribution is 0.114. The van der Waals surface area contributed by atoms with Crippen LogP contribution in [0.2, 0.25) is 0 Å². The Morgan fingerprint density at radius 1 is 1.50 bits per heavy atom. The maximum atomic E-state index is 12.7. The zero-order valence-electron chi connectivity index (χ0n) is 7.93. The molecule has 0 unspecified atom stereocenters. The Morgan fingerprint density at radius 3 is 2.79 bits per heavy atom. The number of carbonyl (C=O) groups is 1. The number of hydrogen-bond donors (Lipinski definition) is 2. The van der Waals surface area contributed by atoms with Crippen molar-refractivity contribution >= 4 is 11.7 Å². The van der Waals surface area contributed by atoms with E-state index in [2.05, 4.69) is 15.6 Å². The molecule has 0 saturated heterocycles. The SMILES string of the molecule is CONC(=O)Nc1ccc(F)cc1C. The van der Waals surface area contributed by atoms with E-state index in [0.717, 1.165) is 0 Å². The maximum Gasteiger partial charge on any atom is 0.343 e. The summed E-state index contributed by atoms with van der Waals surface area (Å²) in [5, 5.41) is 2.50. The molecule has 0 aliphatic rings. The highest BCUT2D eigenvalue weighted by Gasteiger charge is 2.03. The van der Waals surface area contributed by atoms with Gasteiger partial charge < -0.3 is 5.32 Å². The molecule has 0 radical (unpaired) electrons. The molecule has 14 heavy (non-hydrogen) atoms. The van der Waals surface area contributed by atoms with Gasteiger partial charge in [0.05, 0.1) is 7.11 Å². The van der Waals surface area contributed by atoms with Crippen molar-refractivity contribution in [2.45, 2.75) is 6.92 Å². The second-order valence-corrected chi connectivity index (χ2v) is 2.72. The Morgan fingerprint density at radius 2 is 2.21 bits per heavy atom. The summed E-state index contributed by atoms with van der Waals surface area (Å²) in [6.07, 6.45) is 0. The Labute approximate surface area is 81.0 Å². The van der Waals surface area contributed by atoms with Crippen molar-refractivity contribution in [3.05, 3.63) is 29.6 Å². The van der Waals surface area contributed by atoms with Crippen molar-refractivity contribution < 1.29 is 14.0 Å². The van der Waals surface area contributed by atoms with Gasteiger partial charge in [-0.25, -0.2) is 14.7 Å². The van der Waals surface area contributed by atoms with Gasteiger partial charge in [0.25, 0.3) is 0 Å². The molecule has 0 heterocycles. The minimum atomic E-state index is -0.498. The fourth-order valence-corrected chi connectivity index (χ4v) is 1.01. The molecule has 2 amide bonds. The summed E-state index contributed by atoms with van der Waals surface area (Å²) in [7, 11) is 1.33. The third-order valence-electron chi connectivity index (χ3n) is 1.63. The van der Waals surface area contributed by atoms with Gasteiger partial charge in [-0.05, 0) is 30.7 Å². The number of hydrogen-bond acceptors (Lipinski definition) is 2. The van der Waals surface area contributed by atoms with Crippen molar-refractivity contribution in [2.24, 2.45) is 0 Å². The van der Waals surface area contributed by atoms with E-state index in [0.29, 0.717) is 11.3 Å². The van der Waals surface area contributed by atoms with Crippen LogP contribution in [0.25, 0.3) is 0 Å². The highest BCUT2D eigenvalue weighted by molar-refractivity contribution is 5.89. The lowest BCUT2D eigenvalue weighted by Gasteiger charge is -2.07. The van der Waals surface area contributed by atoms with Crippen LogP contribution in [0.3, 0.4) is 0 Å². The predicted octanol–water partition coefficient (Wildman–Crippen LogP) is 1.82. The van der Waals surface area contributed by atoms with Crippen LogP contribution in [0.4, 0.5) is 14.9 Å². The van der Waals surface area contributed by atoms with Gasteiger partial charge in [-0.3, -0.25) is 4.84 Å². The number of rotatable bonds is 2. The van der Waals surface area contributed by atoms with Crippen molar-refractivity contribution in [2.75, 3.05) is 12.4 Å². The molecular formula is C9H11FN2O2. The van der Waals surface area contributed by atoms with Crippen molar-refractivity contribution in [3.63, 3.8) is 0 Å². The van der Waals surface area contributed by atoms with Gasteiger partial charge in [0.2, 0.25) is 0 Å². The largest absolute Gasteiger partial charge is 0.343 e. The van der Waals surface area contributed by atoms with Crippen molar-refractivity contribution in [1.29, 1.82) is 0 Å². The third kappa shape index (κ3) is 2.70. The van der Waals surface area contributed by atoms with Gasteiger partial charge in [-0.1, -0.05) is 0 Å². The molecule has 1 aromatic carbocycles. The number of aryl methyl sites for hydroxylation is 1. The zero-order valence-corrected chi connectivity index (χ0v) is 7.93. The van der Waals surface area contributed by atoms with E-state index in [1.165, 1.54) is 25.3 Å². The number of urea groups is 1. The average molecular weight is 198 g/mol. The van der Waals surface area contributed by atoms with Crippen LogP contribution in [0.1, 0.15) is 5.56 Å². The number of anilines is 1. The van der Waals surface area contributed by atoms with Crippen LogP contribution in [-0.2, 0) is 4.84 Å². The quantitative estimate of drug-likeness (QED) is 0.712. The minimum absolute atomic E-state index is 0.333. The molecule has 2 N–H and O–H groups in total. The van der Waals surface area contributed by atoms with E-state index in [9.17, 15) is 9.18 Å². The van der Waals surface area contributed by atoms with E-state index < -0.39 is 6.03 Å². The van der Waals surface area contributed by atoms with E-state index in [1.54, 1.807) is 6.92 Å². The Balaban J connectivity index is 2.72. The van der Waals surface area contributed by atoms with Crippen molar-refractivity contribution in [1.82, 2.24) is 5.48 Å². The molecule has 76 valence electrons. The smallest absolute Gasteiger partial charge is 0.306 e. The van der Waals surface area contributed by atoms with E-state index in [4.69, 9.17) is 0 Å². The van der Waals surface area contributed by atoms with Crippen LogP contribution in [0, 0.1) is 12.7 Å². The summed E-state index contributed by atoms with van der Waals surface area (Å²) in [5.74, 6) is -0.333. The summed E-state index contributed by atoms with van der Waals surface area (Å²) in [6.45, 7) is 1.70. The summed E-state index contributed by atoms with van der Waals surface area (Å²) in [5.41, 5.74) is 3.28. The number of benzene rings is 1. The van der Waals surface area contributed by atoms with Crippen molar-refractivity contribution in [3.8, 4) is 0 Å². The predicted molar refractivity (Wildman–Crippen MR) is 50.3 cm³/mol. The first-order valence-electron chi connectivity index (χ1n) is 3.99. The lowest BCUT2D eigenvalue weighted by atomic mass is 10.2. The second kappa shape index (κ2) is 4.57. The van der Waals surface area contributed by atoms with Gasteiger partial charge in [0.15, 0.2) is 0 Å². The van der Waals surface area contributed by atoms with Crippen LogP contribution in [0.15, 0.2) is 18.2 Å². The molecule has 0 fully saturated rings. The first kappa shape index (κ1) is 10.5. The van der Waals surface area contributed by atoms with Crippen LogP contribution in [0.5, 0.6) is 0 Å². The molecule has 0 spiro atoms. The summed E-state index contributed by atoms with van der Waals surface area (Å²) in [6, 6.07) is 3.60. The van der Waals surface area contributed by atoms with Gasteiger partial charge >= 0.3 is 6.03 Å². The van der Waals surface area contributed by atoms with Gasteiger partial charge in [-0.15, -0.1) is 0 Å². The number of amides is 2. The van der Waals surface area contributed by atoms with E-state index in [-0.39, 0.29) is 5.82 Å². The zero-order chi connectivity index (χ0) is 10.6. The molecule has 0 atom stereocenters. The summed E-state index contributed by atoms with van der Waals surface area (Å²) >= 11 is 0. The third-order valence-corrected chi connectivity index (χ3v) is 1.63. The fourth-order valence-electron chi connectivity index (χ4n) is 1.01. The van der Waals surface area contributed by atoms with Crippen LogP contribution in [-0.4, -0.2) is 13.1 Å². The average Bonchev–Trinajstić information content (AvgIpc) is 2.10. The molecule has 0 bridgehead atoms. The molecule has 5 heteroatoms. The molecule has 0 aromatic heterocycles. The maximum absolute atomic E-state index is 12.7. The van der Waals surface area contributed by atoms with E-state index >= 15 is 0 Å². The number of carbonyl (C=O) groups excluding carboxylic acids is 1. The molecule has 0 aliphatic carbocycles. The van der Waals surface area contributed by atoms with Crippen LogP contribution < -0.4 is 10.8 Å². The molecule has 0 aliphatic heterocycles.